The van der Waals surface area contributed by atoms with Crippen molar-refractivity contribution >= 4 is 5.91 Å². The van der Waals surface area contributed by atoms with Gasteiger partial charge >= 0.3 is 0 Å². The Kier molecular flexibility index (Phi) is 4.48. The standard InChI is InChI=1S/C17H26N2O/c1-4-9-19(12-17(2,3)11-18)16(20)15-10-13-7-5-6-8-14(13)15/h5-8,15H,4,9-12,18H2,1-3H3. The Balaban J connectivity index is 2.09. The Labute approximate surface area is 122 Å². The zero-order valence-corrected chi connectivity index (χ0v) is 12.9. The van der Waals surface area contributed by atoms with E-state index in [1.165, 1.54) is 11.1 Å². The van der Waals surface area contributed by atoms with Crippen molar-refractivity contribution in [1.29, 1.82) is 0 Å². The minimum atomic E-state index is -0.0197. The number of amides is 1. The van der Waals surface area contributed by atoms with Gasteiger partial charge in [0.05, 0.1) is 5.92 Å². The molecule has 1 amide bonds. The predicted octanol–water partition coefficient (Wildman–Crippen LogP) is 2.55. The number of hydrogen-bond donors (Lipinski definition) is 1. The summed E-state index contributed by atoms with van der Waals surface area (Å²) in [6.07, 6.45) is 1.87. The third kappa shape index (κ3) is 3.04. The average Bonchev–Trinajstić information content (AvgIpc) is 2.39. The van der Waals surface area contributed by atoms with E-state index in [9.17, 15) is 4.79 Å². The fourth-order valence-corrected chi connectivity index (χ4v) is 2.82. The van der Waals surface area contributed by atoms with Crippen LogP contribution in [0.4, 0.5) is 0 Å². The number of nitrogens with two attached hydrogens (primary N) is 1. The monoisotopic (exact) mass is 274 g/mol. The summed E-state index contributed by atoms with van der Waals surface area (Å²) < 4.78 is 0. The van der Waals surface area contributed by atoms with Crippen molar-refractivity contribution in [1.82, 2.24) is 4.90 Å². The van der Waals surface area contributed by atoms with E-state index in [1.54, 1.807) is 0 Å². The summed E-state index contributed by atoms with van der Waals surface area (Å²) in [4.78, 5) is 14.8. The largest absolute Gasteiger partial charge is 0.342 e. The van der Waals surface area contributed by atoms with Crippen molar-refractivity contribution in [3.05, 3.63) is 35.4 Å². The smallest absolute Gasteiger partial charge is 0.230 e. The van der Waals surface area contributed by atoms with Gasteiger partial charge in [0.1, 0.15) is 0 Å². The topological polar surface area (TPSA) is 46.3 Å². The molecule has 0 heterocycles. The number of hydrogen-bond acceptors (Lipinski definition) is 2. The highest BCUT2D eigenvalue weighted by molar-refractivity contribution is 5.87. The molecule has 0 bridgehead atoms. The zero-order chi connectivity index (χ0) is 14.8. The lowest BCUT2D eigenvalue weighted by atomic mass is 9.76. The van der Waals surface area contributed by atoms with Gasteiger partial charge in [-0.2, -0.15) is 0 Å². The van der Waals surface area contributed by atoms with Crippen LogP contribution in [0.5, 0.6) is 0 Å². The molecule has 0 radical (unpaired) electrons. The molecule has 1 unspecified atom stereocenters. The van der Waals surface area contributed by atoms with Crippen LogP contribution in [0, 0.1) is 5.41 Å². The van der Waals surface area contributed by atoms with E-state index in [1.807, 2.05) is 17.0 Å². The molecular weight excluding hydrogens is 248 g/mol. The molecule has 3 heteroatoms. The zero-order valence-electron chi connectivity index (χ0n) is 12.9. The molecule has 0 saturated heterocycles. The molecular formula is C17H26N2O. The fraction of sp³-hybridized carbons (Fsp3) is 0.588. The Morgan fingerprint density at radius 2 is 2.10 bits per heavy atom. The van der Waals surface area contributed by atoms with Crippen molar-refractivity contribution in [2.45, 2.75) is 39.5 Å². The van der Waals surface area contributed by atoms with Crippen LogP contribution in [0.1, 0.15) is 44.2 Å². The molecule has 1 aliphatic rings. The number of carbonyl (C=O) groups excluding carboxylic acids is 1. The van der Waals surface area contributed by atoms with Gasteiger partial charge in [-0.25, -0.2) is 0 Å². The van der Waals surface area contributed by atoms with Crippen LogP contribution in [-0.2, 0) is 11.2 Å². The van der Waals surface area contributed by atoms with Crippen molar-refractivity contribution in [2.24, 2.45) is 11.1 Å². The quantitative estimate of drug-likeness (QED) is 0.866. The van der Waals surface area contributed by atoms with E-state index >= 15 is 0 Å². The lowest BCUT2D eigenvalue weighted by molar-refractivity contribution is -0.134. The van der Waals surface area contributed by atoms with Gasteiger partial charge in [-0.1, -0.05) is 45.0 Å². The minimum absolute atomic E-state index is 0.0197. The van der Waals surface area contributed by atoms with Crippen LogP contribution in [0.25, 0.3) is 0 Å². The average molecular weight is 274 g/mol. The summed E-state index contributed by atoms with van der Waals surface area (Å²) in [5.74, 6) is 0.332. The molecule has 3 nitrogen and oxygen atoms in total. The van der Waals surface area contributed by atoms with Crippen molar-refractivity contribution in [3.8, 4) is 0 Å². The van der Waals surface area contributed by atoms with Gasteiger partial charge in [0.2, 0.25) is 5.91 Å². The second-order valence-electron chi connectivity index (χ2n) is 6.58. The predicted molar refractivity (Wildman–Crippen MR) is 82.6 cm³/mol. The van der Waals surface area contributed by atoms with E-state index in [0.717, 1.165) is 25.9 Å². The summed E-state index contributed by atoms with van der Waals surface area (Å²) in [6.45, 7) is 8.53. The Morgan fingerprint density at radius 3 is 2.70 bits per heavy atom. The van der Waals surface area contributed by atoms with Gasteiger partial charge in [0.25, 0.3) is 0 Å². The fourth-order valence-electron chi connectivity index (χ4n) is 2.82. The summed E-state index contributed by atoms with van der Waals surface area (Å²) in [7, 11) is 0. The first-order valence-corrected chi connectivity index (χ1v) is 7.55. The van der Waals surface area contributed by atoms with E-state index in [2.05, 4.69) is 32.9 Å². The molecule has 1 aromatic rings. The van der Waals surface area contributed by atoms with Crippen LogP contribution in [0.15, 0.2) is 24.3 Å². The maximum atomic E-state index is 12.8. The van der Waals surface area contributed by atoms with Crippen molar-refractivity contribution in [3.63, 3.8) is 0 Å². The van der Waals surface area contributed by atoms with Gasteiger partial charge in [0.15, 0.2) is 0 Å². The van der Waals surface area contributed by atoms with Crippen LogP contribution in [0.2, 0.25) is 0 Å². The van der Waals surface area contributed by atoms with Crippen molar-refractivity contribution < 1.29 is 4.79 Å². The molecule has 2 N–H and O–H groups in total. The third-order valence-corrected chi connectivity index (χ3v) is 4.13. The molecule has 0 spiro atoms. The number of fused-ring (bicyclic) bond motifs is 1. The number of benzene rings is 1. The molecule has 0 fully saturated rings. The highest BCUT2D eigenvalue weighted by Crippen LogP contribution is 2.36. The number of nitrogens with zero attached hydrogens (tertiary/aromatic N) is 1. The molecule has 20 heavy (non-hydrogen) atoms. The van der Waals surface area contributed by atoms with Crippen LogP contribution >= 0.6 is 0 Å². The first-order valence-electron chi connectivity index (χ1n) is 7.55. The molecule has 0 saturated carbocycles. The van der Waals surface area contributed by atoms with E-state index < -0.39 is 0 Å². The summed E-state index contributed by atoms with van der Waals surface area (Å²) in [5.41, 5.74) is 8.32. The normalized spacial score (nSPS) is 17.3. The SMILES string of the molecule is CCCN(CC(C)(C)CN)C(=O)C1Cc2ccccc21. The molecule has 0 aliphatic heterocycles. The number of carbonyl (C=O) groups is 1. The second kappa shape index (κ2) is 5.96. The molecule has 1 aromatic carbocycles. The number of rotatable bonds is 6. The van der Waals surface area contributed by atoms with Gasteiger partial charge in [-0.3, -0.25) is 4.79 Å². The van der Waals surface area contributed by atoms with Gasteiger partial charge in [-0.05, 0) is 35.9 Å². The molecule has 1 aliphatic carbocycles. The minimum Gasteiger partial charge on any atom is -0.342 e. The van der Waals surface area contributed by atoms with Crippen LogP contribution in [0.3, 0.4) is 0 Å². The molecule has 0 aromatic heterocycles. The van der Waals surface area contributed by atoms with E-state index in [-0.39, 0.29) is 17.2 Å². The van der Waals surface area contributed by atoms with Crippen molar-refractivity contribution in [2.75, 3.05) is 19.6 Å². The molecule has 2 rings (SSSR count). The van der Waals surface area contributed by atoms with Gasteiger partial charge in [0, 0.05) is 13.1 Å². The maximum absolute atomic E-state index is 12.8. The van der Waals surface area contributed by atoms with E-state index in [4.69, 9.17) is 5.73 Å². The highest BCUT2D eigenvalue weighted by Gasteiger charge is 2.35. The molecule has 110 valence electrons. The van der Waals surface area contributed by atoms with Gasteiger partial charge in [-0.15, -0.1) is 0 Å². The first-order chi connectivity index (χ1) is 9.48. The van der Waals surface area contributed by atoms with Crippen LogP contribution in [-0.4, -0.2) is 30.4 Å². The Bertz CT molecular complexity index is 482. The van der Waals surface area contributed by atoms with E-state index in [0.29, 0.717) is 6.54 Å². The Morgan fingerprint density at radius 1 is 1.40 bits per heavy atom. The maximum Gasteiger partial charge on any atom is 0.230 e. The lowest BCUT2D eigenvalue weighted by Gasteiger charge is -2.37. The Hall–Kier alpha value is -1.35. The first kappa shape index (κ1) is 15.0. The highest BCUT2D eigenvalue weighted by atomic mass is 16.2. The van der Waals surface area contributed by atoms with Gasteiger partial charge < -0.3 is 10.6 Å². The summed E-state index contributed by atoms with van der Waals surface area (Å²) in [6, 6.07) is 8.26. The lowest BCUT2D eigenvalue weighted by Crippen LogP contribution is -2.46. The third-order valence-electron chi connectivity index (χ3n) is 4.13. The molecule has 1 atom stereocenters. The second-order valence-corrected chi connectivity index (χ2v) is 6.58. The van der Waals surface area contributed by atoms with Crippen LogP contribution < -0.4 is 5.73 Å². The summed E-state index contributed by atoms with van der Waals surface area (Å²) in [5, 5.41) is 0. The summed E-state index contributed by atoms with van der Waals surface area (Å²) >= 11 is 0.